The highest BCUT2D eigenvalue weighted by Gasteiger charge is 2.17. The molecule has 6 nitrogen and oxygen atoms in total. The largest absolute Gasteiger partial charge is 0.451 e. The fourth-order valence-corrected chi connectivity index (χ4v) is 4.19. The van der Waals surface area contributed by atoms with Crippen LogP contribution in [-0.2, 0) is 11.2 Å². The molecule has 2 heterocycles. The summed E-state index contributed by atoms with van der Waals surface area (Å²) in [6, 6.07) is 24.5. The first kappa shape index (κ1) is 20.8. The summed E-state index contributed by atoms with van der Waals surface area (Å²) in [5.41, 5.74) is 4.11. The van der Waals surface area contributed by atoms with Crippen molar-refractivity contribution in [1.29, 1.82) is 0 Å². The third-order valence-electron chi connectivity index (χ3n) is 5.85. The van der Waals surface area contributed by atoms with Gasteiger partial charge in [0.05, 0.1) is 17.8 Å². The number of hydrogen-bond donors (Lipinski definition) is 2. The second-order valence-corrected chi connectivity index (χ2v) is 8.24. The van der Waals surface area contributed by atoms with Crippen molar-refractivity contribution in [2.45, 2.75) is 19.3 Å². The van der Waals surface area contributed by atoms with Crippen molar-refractivity contribution in [1.82, 2.24) is 0 Å². The number of nitrogens with one attached hydrogen (secondary N) is 2. The normalized spacial score (nSPS) is 13.3. The van der Waals surface area contributed by atoms with Crippen molar-refractivity contribution in [3.05, 3.63) is 90.2 Å². The van der Waals surface area contributed by atoms with Crippen LogP contribution in [-0.4, -0.2) is 24.9 Å². The summed E-state index contributed by atoms with van der Waals surface area (Å²) in [5.74, 6) is -0.118. The smallest absolute Gasteiger partial charge is 0.291 e. The molecule has 1 aromatic heterocycles. The van der Waals surface area contributed by atoms with Gasteiger partial charge in [-0.1, -0.05) is 42.5 Å². The number of carbonyl (C=O) groups excluding carboxylic acids is 2. The maximum Gasteiger partial charge on any atom is 0.291 e. The maximum atomic E-state index is 12.7. The van der Waals surface area contributed by atoms with E-state index in [1.54, 1.807) is 18.2 Å². The minimum Gasteiger partial charge on any atom is -0.451 e. The molecule has 4 aromatic rings. The molecule has 1 aliphatic heterocycles. The fraction of sp³-hybridized carbons (Fsp3) is 0.185. The minimum absolute atomic E-state index is 0.0688. The highest BCUT2D eigenvalue weighted by molar-refractivity contribution is 6.04. The Morgan fingerprint density at radius 3 is 2.36 bits per heavy atom. The summed E-state index contributed by atoms with van der Waals surface area (Å²) in [4.78, 5) is 27.5. The molecule has 0 atom stereocenters. The molecule has 0 saturated carbocycles. The third kappa shape index (κ3) is 4.75. The number of anilines is 3. The van der Waals surface area contributed by atoms with E-state index in [0.717, 1.165) is 35.4 Å². The van der Waals surface area contributed by atoms with E-state index >= 15 is 0 Å². The number of amides is 2. The SMILES string of the molecule is O=C(Cc1ccc(NC(=O)c2cc3ccccc3o2)cc1)Nc1ccccc1N1CCCC1. The van der Waals surface area contributed by atoms with Crippen LogP contribution in [0.5, 0.6) is 0 Å². The predicted octanol–water partition coefficient (Wildman–Crippen LogP) is 5.47. The van der Waals surface area contributed by atoms with E-state index in [4.69, 9.17) is 4.42 Å². The number of para-hydroxylation sites is 3. The van der Waals surface area contributed by atoms with Crippen molar-refractivity contribution >= 4 is 39.8 Å². The monoisotopic (exact) mass is 439 g/mol. The van der Waals surface area contributed by atoms with E-state index in [-0.39, 0.29) is 24.0 Å². The van der Waals surface area contributed by atoms with Gasteiger partial charge < -0.3 is 20.0 Å². The Hall–Kier alpha value is -4.06. The van der Waals surface area contributed by atoms with Gasteiger partial charge >= 0.3 is 0 Å². The maximum absolute atomic E-state index is 12.7. The molecule has 5 rings (SSSR count). The second kappa shape index (κ2) is 9.20. The molecule has 1 saturated heterocycles. The van der Waals surface area contributed by atoms with Crippen LogP contribution in [0, 0.1) is 0 Å². The van der Waals surface area contributed by atoms with E-state index in [2.05, 4.69) is 21.6 Å². The summed E-state index contributed by atoms with van der Waals surface area (Å²) in [6.45, 7) is 2.04. The zero-order valence-corrected chi connectivity index (χ0v) is 18.2. The second-order valence-electron chi connectivity index (χ2n) is 8.24. The van der Waals surface area contributed by atoms with Crippen LogP contribution in [0.2, 0.25) is 0 Å². The molecule has 0 bridgehead atoms. The Labute approximate surface area is 192 Å². The van der Waals surface area contributed by atoms with Crippen molar-refractivity contribution < 1.29 is 14.0 Å². The number of rotatable bonds is 6. The molecule has 33 heavy (non-hydrogen) atoms. The van der Waals surface area contributed by atoms with Gasteiger partial charge in [-0.25, -0.2) is 0 Å². The number of hydrogen-bond acceptors (Lipinski definition) is 4. The molecule has 0 unspecified atom stereocenters. The molecular formula is C27H25N3O3. The van der Waals surface area contributed by atoms with E-state index in [1.807, 2.05) is 54.6 Å². The Kier molecular flexibility index (Phi) is 5.81. The van der Waals surface area contributed by atoms with E-state index < -0.39 is 0 Å². The topological polar surface area (TPSA) is 74.6 Å². The summed E-state index contributed by atoms with van der Waals surface area (Å²) in [7, 11) is 0. The molecule has 2 N–H and O–H groups in total. The molecule has 0 aliphatic carbocycles. The number of fused-ring (bicyclic) bond motifs is 1. The molecule has 1 fully saturated rings. The van der Waals surface area contributed by atoms with E-state index in [1.165, 1.54) is 12.8 Å². The number of furan rings is 1. The molecule has 0 radical (unpaired) electrons. The third-order valence-corrected chi connectivity index (χ3v) is 5.85. The first-order valence-electron chi connectivity index (χ1n) is 11.2. The Balaban J connectivity index is 1.20. The molecule has 1 aliphatic rings. The summed E-state index contributed by atoms with van der Waals surface area (Å²) < 4.78 is 5.61. The van der Waals surface area contributed by atoms with Gasteiger partial charge in [0, 0.05) is 24.2 Å². The van der Waals surface area contributed by atoms with Crippen LogP contribution in [0.3, 0.4) is 0 Å². The van der Waals surface area contributed by atoms with E-state index in [0.29, 0.717) is 11.3 Å². The summed E-state index contributed by atoms with van der Waals surface area (Å²) >= 11 is 0. The lowest BCUT2D eigenvalue weighted by atomic mass is 10.1. The van der Waals surface area contributed by atoms with Gasteiger partial charge in [-0.2, -0.15) is 0 Å². The quantitative estimate of drug-likeness (QED) is 0.418. The first-order chi connectivity index (χ1) is 16.2. The Morgan fingerprint density at radius 1 is 0.848 bits per heavy atom. The number of benzene rings is 3. The van der Waals surface area contributed by atoms with Crippen LogP contribution in [0.25, 0.3) is 11.0 Å². The first-order valence-corrected chi connectivity index (χ1v) is 11.2. The summed E-state index contributed by atoms with van der Waals surface area (Å²) in [5, 5.41) is 6.78. The van der Waals surface area contributed by atoms with E-state index in [9.17, 15) is 9.59 Å². The van der Waals surface area contributed by atoms with Gasteiger partial charge in [-0.15, -0.1) is 0 Å². The summed E-state index contributed by atoms with van der Waals surface area (Å²) in [6.07, 6.45) is 2.62. The number of nitrogens with zero attached hydrogens (tertiary/aromatic N) is 1. The van der Waals surface area contributed by atoms with Gasteiger partial charge in [0.15, 0.2) is 5.76 Å². The minimum atomic E-state index is -0.310. The van der Waals surface area contributed by atoms with Crippen molar-refractivity contribution in [2.75, 3.05) is 28.6 Å². The Morgan fingerprint density at radius 2 is 1.58 bits per heavy atom. The highest BCUT2D eigenvalue weighted by Crippen LogP contribution is 2.28. The Bertz CT molecular complexity index is 1250. The molecule has 6 heteroatoms. The van der Waals surface area contributed by atoms with Crippen molar-refractivity contribution in [3.8, 4) is 0 Å². The average Bonchev–Trinajstić information content (AvgIpc) is 3.51. The van der Waals surface area contributed by atoms with Gasteiger partial charge in [-0.3, -0.25) is 9.59 Å². The molecule has 2 amide bonds. The van der Waals surface area contributed by atoms with Gasteiger partial charge in [0.2, 0.25) is 5.91 Å². The standard InChI is InChI=1S/C27H25N3O3/c31-26(29-22-8-2-3-9-23(22)30-15-5-6-16-30)17-19-11-13-21(14-12-19)28-27(32)25-18-20-7-1-4-10-24(20)33-25/h1-4,7-14,18H,5-6,15-17H2,(H,28,32)(H,29,31). The van der Waals surface area contributed by atoms with Gasteiger partial charge in [0.25, 0.3) is 5.91 Å². The number of carbonyl (C=O) groups is 2. The lowest BCUT2D eigenvalue weighted by Crippen LogP contribution is -2.21. The van der Waals surface area contributed by atoms with Crippen LogP contribution in [0.4, 0.5) is 17.1 Å². The highest BCUT2D eigenvalue weighted by atomic mass is 16.3. The predicted molar refractivity (Wildman–Crippen MR) is 131 cm³/mol. The molecule has 166 valence electrons. The zero-order valence-electron chi connectivity index (χ0n) is 18.2. The van der Waals surface area contributed by atoms with Gasteiger partial charge in [0.1, 0.15) is 5.58 Å². The van der Waals surface area contributed by atoms with Crippen LogP contribution in [0.15, 0.2) is 83.3 Å². The lowest BCUT2D eigenvalue weighted by Gasteiger charge is -2.21. The molecule has 3 aromatic carbocycles. The van der Waals surface area contributed by atoms with Crippen molar-refractivity contribution in [2.24, 2.45) is 0 Å². The van der Waals surface area contributed by atoms with Crippen LogP contribution >= 0.6 is 0 Å². The van der Waals surface area contributed by atoms with Gasteiger partial charge in [-0.05, 0) is 54.8 Å². The fourth-order valence-electron chi connectivity index (χ4n) is 4.19. The molecular weight excluding hydrogens is 414 g/mol. The molecule has 0 spiro atoms. The zero-order chi connectivity index (χ0) is 22.6. The lowest BCUT2D eigenvalue weighted by molar-refractivity contribution is -0.115. The van der Waals surface area contributed by atoms with Crippen LogP contribution in [0.1, 0.15) is 29.0 Å². The van der Waals surface area contributed by atoms with Crippen molar-refractivity contribution in [3.63, 3.8) is 0 Å². The average molecular weight is 440 g/mol. The van der Waals surface area contributed by atoms with Crippen LogP contribution < -0.4 is 15.5 Å².